The van der Waals surface area contributed by atoms with Gasteiger partial charge in [-0.25, -0.2) is 8.78 Å². The highest BCUT2D eigenvalue weighted by atomic mass is 19.1. The maximum atomic E-state index is 15.0. The minimum absolute atomic E-state index is 0.0894. The molecule has 21 saturated carbocycles. The van der Waals surface area contributed by atoms with Gasteiger partial charge in [-0.3, -0.25) is 0 Å². The fourth-order valence-corrected chi connectivity index (χ4v) is 49.6. The van der Waals surface area contributed by atoms with E-state index in [0.29, 0.717) is 28.6 Å². The van der Waals surface area contributed by atoms with Crippen LogP contribution in [0.15, 0.2) is 97.1 Å². The second-order valence-electron chi connectivity index (χ2n) is 55.5. The number of fused-ring (bicyclic) bond motifs is 30. The van der Waals surface area contributed by atoms with Gasteiger partial charge in [0, 0.05) is 11.3 Å². The summed E-state index contributed by atoms with van der Waals surface area (Å²) in [7, 11) is 0. The summed E-state index contributed by atoms with van der Waals surface area (Å²) in [5.41, 5.74) is 9.42. The number of hydrogen-bond acceptors (Lipinski definition) is 0. The molecule has 21 fully saturated rings. The normalized spacial score (nSPS) is 53.3. The maximum Gasteiger partial charge on any atom is 0.123 e. The molecule has 40 unspecified atom stereocenters. The van der Waals surface area contributed by atoms with E-state index in [-0.39, 0.29) is 5.82 Å². The summed E-state index contributed by atoms with van der Waals surface area (Å²) in [5.74, 6) is 43.1. The van der Waals surface area contributed by atoms with Gasteiger partial charge in [-0.2, -0.15) is 0 Å². The number of hydrogen-bond donors (Lipinski definition) is 0. The van der Waals surface area contributed by atoms with Crippen molar-refractivity contribution in [2.24, 2.45) is 254 Å². The maximum absolute atomic E-state index is 15.0. The van der Waals surface area contributed by atoms with Crippen LogP contribution in [0.5, 0.6) is 0 Å². The third-order valence-corrected chi connectivity index (χ3v) is 53.0. The first-order valence-electron chi connectivity index (χ1n) is 60.7. The third kappa shape index (κ3) is 13.7. The lowest BCUT2D eigenvalue weighted by molar-refractivity contribution is -0.0454. The van der Waals surface area contributed by atoms with Gasteiger partial charge >= 0.3 is 0 Å². The molecule has 0 aromatic heterocycles. The first kappa shape index (κ1) is 85.9. The largest absolute Gasteiger partial charge is 0.247 e. The van der Waals surface area contributed by atoms with Gasteiger partial charge < -0.3 is 0 Å². The van der Waals surface area contributed by atoms with E-state index in [0.717, 1.165) is 261 Å². The van der Waals surface area contributed by atoms with Crippen molar-refractivity contribution in [2.75, 3.05) is 0 Å². The molecule has 0 amide bonds. The number of alkyl halides is 1. The molecular weight excluding hydrogens is 1590 g/mol. The fraction of sp³-hybridized carbons (Fsp3) is 0.829. The van der Waals surface area contributed by atoms with Gasteiger partial charge in [-0.1, -0.05) is 143 Å². The average Bonchev–Trinajstić information content (AvgIpc) is 1.51. The molecule has 0 radical (unpaired) electrons. The highest BCUT2D eigenvalue weighted by Gasteiger charge is 2.74. The van der Waals surface area contributed by atoms with Crippen molar-refractivity contribution < 1.29 is 8.78 Å². The van der Waals surface area contributed by atoms with Crippen LogP contribution in [0.2, 0.25) is 0 Å². The first-order valence-corrected chi connectivity index (χ1v) is 60.7. The summed E-state index contributed by atoms with van der Waals surface area (Å²) in [4.78, 5) is 0. The molecule has 3 aromatic rings. The summed E-state index contributed by atoms with van der Waals surface area (Å²) in [6, 6.07) is 27.8. The molecule has 710 valence electrons. The SMILES string of the molecule is Fc1ccc(C2c3ccccc3C3CCC(C4CCC(C(C5CCC(C6CCC7C8CCCCC8C(C8CCC(F)CC8)C7C6)CC5)C5CCC(C6CCC(C7C8CCC(C9CCC%10C%11CCC=CC%11C%11(c%12ccccc%12C%12CCCCC%12%11)C%10C9)CC8C8CC(C9CCC%10C%11CCCCC%11C%11(C%12CC=CCC%12C%12CCCCC%12%11)C%10C9)CCC87)CC6)C6CCCC65)CC4)CC32)cc1. The zero-order valence-electron chi connectivity index (χ0n) is 82.3. The lowest BCUT2D eigenvalue weighted by Gasteiger charge is -2.53. The van der Waals surface area contributed by atoms with Crippen molar-refractivity contribution >= 4 is 0 Å². The number of allylic oxidation sites excluding steroid dienone is 4. The molecule has 0 heterocycles. The van der Waals surface area contributed by atoms with Crippen molar-refractivity contribution in [3.05, 3.63) is 131 Å². The van der Waals surface area contributed by atoms with Gasteiger partial charge in [0.1, 0.15) is 12.0 Å². The van der Waals surface area contributed by atoms with Crippen molar-refractivity contribution in [3.8, 4) is 0 Å². The molecule has 0 saturated heterocycles. The van der Waals surface area contributed by atoms with E-state index in [2.05, 4.69) is 85.0 Å². The Balaban J connectivity index is 0.442. The van der Waals surface area contributed by atoms with Crippen molar-refractivity contribution in [1.29, 1.82) is 0 Å². The third-order valence-electron chi connectivity index (χ3n) is 53.0. The van der Waals surface area contributed by atoms with Crippen molar-refractivity contribution in [2.45, 2.75) is 408 Å². The average molecular weight is 1770 g/mol. The van der Waals surface area contributed by atoms with E-state index in [4.69, 9.17) is 0 Å². The van der Waals surface area contributed by atoms with Gasteiger partial charge in [0.05, 0.1) is 0 Å². The quantitative estimate of drug-likeness (QED) is 0.168. The summed E-state index contributed by atoms with van der Waals surface area (Å²) in [5, 5.41) is 0. The highest BCUT2D eigenvalue weighted by Crippen LogP contribution is 2.80. The molecule has 0 nitrogen and oxygen atoms in total. The number of halogens is 2. The van der Waals surface area contributed by atoms with Gasteiger partial charge in [0.25, 0.3) is 0 Å². The van der Waals surface area contributed by atoms with Crippen LogP contribution in [0, 0.1) is 260 Å². The Labute approximate surface area is 796 Å². The predicted octanol–water partition coefficient (Wildman–Crippen LogP) is 34.7. The van der Waals surface area contributed by atoms with E-state index in [9.17, 15) is 8.78 Å². The van der Waals surface area contributed by atoms with Crippen LogP contribution < -0.4 is 0 Å². The lowest BCUT2D eigenvalue weighted by atomic mass is 9.51. The zero-order chi connectivity index (χ0) is 86.1. The molecule has 40 atom stereocenters. The van der Waals surface area contributed by atoms with Crippen LogP contribution in [0.3, 0.4) is 0 Å². The first-order chi connectivity index (χ1) is 64.8. The topological polar surface area (TPSA) is 0 Å². The Bertz CT molecular complexity index is 4540. The predicted molar refractivity (Wildman–Crippen MR) is 533 cm³/mol. The molecule has 28 rings (SSSR count). The molecule has 0 bridgehead atoms. The van der Waals surface area contributed by atoms with Gasteiger partial charge in [0.15, 0.2) is 0 Å². The second kappa shape index (κ2) is 35.0. The van der Waals surface area contributed by atoms with E-state index < -0.39 is 6.17 Å². The summed E-state index contributed by atoms with van der Waals surface area (Å²) in [6.45, 7) is 0. The van der Waals surface area contributed by atoms with Gasteiger partial charge in [-0.15, -0.1) is 0 Å². The summed E-state index contributed by atoms with van der Waals surface area (Å²) < 4.78 is 29.7. The van der Waals surface area contributed by atoms with E-state index in [1.807, 2.05) is 11.1 Å². The molecule has 2 spiro atoms. The second-order valence-corrected chi connectivity index (χ2v) is 55.5. The molecular formula is C129H180F2. The molecule has 0 aliphatic heterocycles. The van der Waals surface area contributed by atoms with Crippen LogP contribution >= 0.6 is 0 Å². The van der Waals surface area contributed by atoms with E-state index in [1.165, 1.54) is 140 Å². The standard InChI is InChI=1S/C129H180F2/c130-90-58-48-82(49-59-90)126-107-26-3-1-18-94(107)97-62-52-84(72-114(97)126)76-36-42-79(43-37-76)124(80-44-38-77(39-45-80)85-53-63-98-95-19-2-4-27-108(95)127(115(98)73-85)83-50-60-91(131)61-51-83)109-69-68-92(93-28-17-29-96(93)109)78-40-46-81(47-41-78)125-110-66-56-86(88-54-64-105-103-24-9-15-34-120(103)128(122(105)74-88)116-30-11-5-20-99(116)100-21-6-12-31-117(100)128)70-112(110)113-71-87(57-67-111(113)125)89-55-65-106-104-25-10-16-35-121(104)129(123(106)75-89)118-32-13-7-22-101(118)102-23-8-14-33-119(102)129/h1,3,5,7,11,13,15,18,20,26,30,34,48-49,58-59,76-81,83-89,91-93,95-98,100-106,108-115,117-127H,2,4,6,8-10,12,14,16-17,19,21-25,27-29,31-33,35-47,50-57,60-75H2. The summed E-state index contributed by atoms with van der Waals surface area (Å²) in [6.07, 6.45) is 100. The minimum atomic E-state index is -0.521. The monoisotopic (exact) mass is 1770 g/mol. The van der Waals surface area contributed by atoms with Gasteiger partial charge in [-0.05, 0) is 627 Å². The van der Waals surface area contributed by atoms with Crippen LogP contribution in [0.25, 0.3) is 0 Å². The fourth-order valence-electron chi connectivity index (χ4n) is 49.6. The smallest absolute Gasteiger partial charge is 0.123 e. The van der Waals surface area contributed by atoms with E-state index in [1.54, 1.807) is 254 Å². The zero-order valence-corrected chi connectivity index (χ0v) is 82.3. The molecule has 25 aliphatic rings. The molecule has 131 heavy (non-hydrogen) atoms. The van der Waals surface area contributed by atoms with E-state index >= 15 is 0 Å². The summed E-state index contributed by atoms with van der Waals surface area (Å²) >= 11 is 0. The Morgan fingerprint density at radius 1 is 0.267 bits per heavy atom. The Kier molecular flexibility index (Phi) is 23.0. The Morgan fingerprint density at radius 2 is 0.733 bits per heavy atom. The molecule has 3 aromatic carbocycles. The minimum Gasteiger partial charge on any atom is -0.247 e. The lowest BCUT2D eigenvalue weighted by Crippen LogP contribution is -2.47. The van der Waals surface area contributed by atoms with Crippen molar-refractivity contribution in [1.82, 2.24) is 0 Å². The van der Waals surface area contributed by atoms with Gasteiger partial charge in [0.2, 0.25) is 0 Å². The number of rotatable bonds is 11. The van der Waals surface area contributed by atoms with Crippen molar-refractivity contribution in [3.63, 3.8) is 0 Å². The van der Waals surface area contributed by atoms with Crippen LogP contribution in [0.4, 0.5) is 8.78 Å². The highest BCUT2D eigenvalue weighted by molar-refractivity contribution is 5.50. The Morgan fingerprint density at radius 3 is 1.44 bits per heavy atom. The van der Waals surface area contributed by atoms with Crippen LogP contribution in [-0.2, 0) is 5.41 Å². The molecule has 2 heteroatoms. The van der Waals surface area contributed by atoms with Crippen LogP contribution in [0.1, 0.15) is 424 Å². The Hall–Kier alpha value is -3.00. The number of benzene rings is 3. The molecule has 25 aliphatic carbocycles. The van der Waals surface area contributed by atoms with Crippen LogP contribution in [-0.4, -0.2) is 6.17 Å². The molecule has 0 N–H and O–H groups in total.